The third-order valence-corrected chi connectivity index (χ3v) is 5.42. The Labute approximate surface area is 165 Å². The molecule has 148 valence electrons. The van der Waals surface area contributed by atoms with E-state index in [9.17, 15) is 19.7 Å². The van der Waals surface area contributed by atoms with Crippen molar-refractivity contribution >= 4 is 28.7 Å². The van der Waals surface area contributed by atoms with Gasteiger partial charge >= 0.3 is 6.09 Å². The Kier molecular flexibility index (Phi) is 6.30. The molecular weight excluding hydrogens is 384 g/mol. The van der Waals surface area contributed by atoms with Crippen LogP contribution in [0.1, 0.15) is 18.9 Å². The average Bonchev–Trinajstić information content (AvgIpc) is 3.30. The molecule has 3 rings (SSSR count). The molecule has 28 heavy (non-hydrogen) atoms. The van der Waals surface area contributed by atoms with Crippen LogP contribution in [0.4, 0.5) is 10.5 Å². The molecule has 1 amide bonds. The number of nitro groups is 1. The Hall–Kier alpha value is -2.88. The van der Waals surface area contributed by atoms with Gasteiger partial charge in [-0.2, -0.15) is 5.10 Å². The SMILES string of the molecule is CC(=O)S[C@H]1C[C@@H](Cn2cccn2)N(C(=O)OCc2ccc([N+](=O)[O-])cc2)C1. The Bertz CT molecular complexity index is 840. The molecule has 0 saturated carbocycles. The van der Waals surface area contributed by atoms with Crippen LogP contribution in [0.5, 0.6) is 0 Å². The van der Waals surface area contributed by atoms with Crippen molar-refractivity contribution in [1.29, 1.82) is 0 Å². The fraction of sp³-hybridized carbons (Fsp3) is 0.389. The number of hydrogen-bond donors (Lipinski definition) is 0. The minimum absolute atomic E-state index is 0.0157. The van der Waals surface area contributed by atoms with Gasteiger partial charge in [-0.15, -0.1) is 0 Å². The molecule has 2 heterocycles. The number of aromatic nitrogens is 2. The topological polar surface area (TPSA) is 108 Å². The van der Waals surface area contributed by atoms with Crippen molar-refractivity contribution in [3.8, 4) is 0 Å². The van der Waals surface area contributed by atoms with Crippen LogP contribution in [0, 0.1) is 10.1 Å². The van der Waals surface area contributed by atoms with Crippen LogP contribution in [0.3, 0.4) is 0 Å². The molecule has 9 nitrogen and oxygen atoms in total. The molecule has 10 heteroatoms. The second kappa shape index (κ2) is 8.87. The van der Waals surface area contributed by atoms with Crippen molar-refractivity contribution in [3.05, 3.63) is 58.4 Å². The van der Waals surface area contributed by atoms with Crippen molar-refractivity contribution in [2.24, 2.45) is 0 Å². The second-order valence-electron chi connectivity index (χ2n) is 6.48. The maximum absolute atomic E-state index is 12.6. The van der Waals surface area contributed by atoms with E-state index in [2.05, 4.69) is 5.10 Å². The molecule has 1 aliphatic rings. The minimum Gasteiger partial charge on any atom is -0.445 e. The van der Waals surface area contributed by atoms with E-state index < -0.39 is 11.0 Å². The van der Waals surface area contributed by atoms with E-state index in [0.717, 1.165) is 0 Å². The lowest BCUT2D eigenvalue weighted by atomic mass is 10.2. The largest absolute Gasteiger partial charge is 0.445 e. The first-order valence-corrected chi connectivity index (χ1v) is 9.61. The fourth-order valence-electron chi connectivity index (χ4n) is 3.16. The van der Waals surface area contributed by atoms with Crippen molar-refractivity contribution in [2.45, 2.75) is 37.8 Å². The van der Waals surface area contributed by atoms with Gasteiger partial charge in [-0.25, -0.2) is 4.79 Å². The van der Waals surface area contributed by atoms with Gasteiger partial charge in [0.25, 0.3) is 5.69 Å². The number of rotatable bonds is 6. The summed E-state index contributed by atoms with van der Waals surface area (Å²) in [6.45, 7) is 2.49. The molecule has 0 aliphatic carbocycles. The van der Waals surface area contributed by atoms with Gasteiger partial charge in [-0.3, -0.25) is 19.6 Å². The number of benzene rings is 1. The van der Waals surface area contributed by atoms with E-state index >= 15 is 0 Å². The van der Waals surface area contributed by atoms with Crippen molar-refractivity contribution in [3.63, 3.8) is 0 Å². The van der Waals surface area contributed by atoms with Gasteiger partial charge < -0.3 is 9.64 Å². The van der Waals surface area contributed by atoms with E-state index in [4.69, 9.17) is 4.74 Å². The summed E-state index contributed by atoms with van der Waals surface area (Å²) in [6, 6.07) is 7.56. The highest BCUT2D eigenvalue weighted by Gasteiger charge is 2.37. The quantitative estimate of drug-likeness (QED) is 0.538. The van der Waals surface area contributed by atoms with Crippen LogP contribution in [0.15, 0.2) is 42.7 Å². The number of nitro benzene ring substituents is 1. The molecule has 1 saturated heterocycles. The van der Waals surface area contributed by atoms with E-state index in [1.54, 1.807) is 27.9 Å². The molecule has 0 bridgehead atoms. The molecule has 2 aromatic rings. The van der Waals surface area contributed by atoms with E-state index in [1.165, 1.54) is 30.8 Å². The molecule has 0 radical (unpaired) electrons. The first-order valence-electron chi connectivity index (χ1n) is 8.73. The summed E-state index contributed by atoms with van der Waals surface area (Å²) in [5.41, 5.74) is 0.648. The fourth-order valence-corrected chi connectivity index (χ4v) is 4.18. The van der Waals surface area contributed by atoms with Crippen LogP contribution in [0.2, 0.25) is 0 Å². The van der Waals surface area contributed by atoms with Crippen LogP contribution in [0.25, 0.3) is 0 Å². The monoisotopic (exact) mass is 404 g/mol. The number of hydrogen-bond acceptors (Lipinski definition) is 7. The maximum Gasteiger partial charge on any atom is 0.410 e. The number of ether oxygens (including phenoxy) is 1. The van der Waals surface area contributed by atoms with Gasteiger partial charge in [0.1, 0.15) is 6.61 Å². The Morgan fingerprint density at radius 1 is 1.36 bits per heavy atom. The molecule has 1 aliphatic heterocycles. The zero-order chi connectivity index (χ0) is 20.1. The maximum atomic E-state index is 12.6. The molecule has 2 atom stereocenters. The van der Waals surface area contributed by atoms with Gasteiger partial charge in [0, 0.05) is 43.2 Å². The third-order valence-electron chi connectivity index (χ3n) is 4.41. The first-order chi connectivity index (χ1) is 13.4. The zero-order valence-corrected chi connectivity index (χ0v) is 16.1. The highest BCUT2D eigenvalue weighted by molar-refractivity contribution is 8.14. The highest BCUT2D eigenvalue weighted by Crippen LogP contribution is 2.29. The predicted molar refractivity (Wildman–Crippen MR) is 103 cm³/mol. The molecule has 1 aromatic carbocycles. The standard InChI is InChI=1S/C18H20N4O5S/c1-13(23)28-17-9-16(10-20-8-2-7-19-20)21(11-17)18(24)27-12-14-3-5-15(6-4-14)22(25)26/h2-8,16-17H,9-12H2,1H3/t16-,17-/m0/s1. The highest BCUT2D eigenvalue weighted by atomic mass is 32.2. The lowest BCUT2D eigenvalue weighted by Gasteiger charge is -2.23. The lowest BCUT2D eigenvalue weighted by Crippen LogP contribution is -2.38. The van der Waals surface area contributed by atoms with Crippen molar-refractivity contribution < 1.29 is 19.2 Å². The summed E-state index contributed by atoms with van der Waals surface area (Å²) in [5, 5.41) is 14.9. The summed E-state index contributed by atoms with van der Waals surface area (Å²) in [6.07, 6.45) is 3.71. The third kappa shape index (κ3) is 5.10. The minimum atomic E-state index is -0.479. The average molecular weight is 404 g/mol. The van der Waals surface area contributed by atoms with Gasteiger partial charge in [0.2, 0.25) is 0 Å². The lowest BCUT2D eigenvalue weighted by molar-refractivity contribution is -0.384. The molecule has 1 fully saturated rings. The van der Waals surface area contributed by atoms with Crippen molar-refractivity contribution in [1.82, 2.24) is 14.7 Å². The van der Waals surface area contributed by atoms with Crippen LogP contribution in [-0.2, 0) is 22.7 Å². The number of amides is 1. The van der Waals surface area contributed by atoms with Gasteiger partial charge in [-0.1, -0.05) is 11.8 Å². The molecule has 1 aromatic heterocycles. The summed E-state index contributed by atoms with van der Waals surface area (Å²) in [4.78, 5) is 35.9. The number of likely N-dealkylation sites (tertiary alicyclic amines) is 1. The zero-order valence-electron chi connectivity index (χ0n) is 15.3. The van der Waals surface area contributed by atoms with Crippen LogP contribution in [-0.4, -0.2) is 48.6 Å². The van der Waals surface area contributed by atoms with Gasteiger partial charge in [0.05, 0.1) is 17.5 Å². The van der Waals surface area contributed by atoms with E-state index in [0.29, 0.717) is 25.1 Å². The number of non-ortho nitro benzene ring substituents is 1. The molecule has 0 N–H and O–H groups in total. The molecule has 0 spiro atoms. The summed E-state index contributed by atoms with van der Waals surface area (Å²) in [5.74, 6) is 0. The van der Waals surface area contributed by atoms with Crippen LogP contribution >= 0.6 is 11.8 Å². The van der Waals surface area contributed by atoms with Gasteiger partial charge in [0.15, 0.2) is 5.12 Å². The number of thioether (sulfide) groups is 1. The van der Waals surface area contributed by atoms with E-state index in [1.807, 2.05) is 12.3 Å². The number of nitrogens with zero attached hydrogens (tertiary/aromatic N) is 4. The first kappa shape index (κ1) is 19.9. The Morgan fingerprint density at radius 2 is 2.11 bits per heavy atom. The Morgan fingerprint density at radius 3 is 2.71 bits per heavy atom. The second-order valence-corrected chi connectivity index (χ2v) is 7.96. The normalized spacial score (nSPS) is 18.8. The van der Waals surface area contributed by atoms with Crippen molar-refractivity contribution in [2.75, 3.05) is 6.54 Å². The predicted octanol–water partition coefficient (Wildman–Crippen LogP) is 2.85. The number of carbonyl (C=O) groups is 2. The Balaban J connectivity index is 1.62. The van der Waals surface area contributed by atoms with E-state index in [-0.39, 0.29) is 28.7 Å². The molecular formula is C18H20N4O5S. The smallest absolute Gasteiger partial charge is 0.410 e. The number of carbonyl (C=O) groups excluding carboxylic acids is 2. The van der Waals surface area contributed by atoms with Crippen LogP contribution < -0.4 is 0 Å². The molecule has 0 unspecified atom stereocenters. The summed E-state index contributed by atoms with van der Waals surface area (Å²) in [7, 11) is 0. The summed E-state index contributed by atoms with van der Waals surface area (Å²) < 4.78 is 7.16. The van der Waals surface area contributed by atoms with Gasteiger partial charge in [-0.05, 0) is 30.2 Å². The summed E-state index contributed by atoms with van der Waals surface area (Å²) >= 11 is 1.24.